The summed E-state index contributed by atoms with van der Waals surface area (Å²) in [5.41, 5.74) is 1.29. The number of likely N-dealkylation sites (tertiary alicyclic amines) is 1. The van der Waals surface area contributed by atoms with Crippen molar-refractivity contribution >= 4 is 0 Å². The fraction of sp³-hybridized carbons (Fsp3) is 0.667. The lowest BCUT2D eigenvalue weighted by Crippen LogP contribution is -2.46. The molecule has 21 heavy (non-hydrogen) atoms. The van der Waals surface area contributed by atoms with Gasteiger partial charge in [-0.05, 0) is 55.6 Å². The van der Waals surface area contributed by atoms with E-state index in [1.165, 1.54) is 31.5 Å². The van der Waals surface area contributed by atoms with Crippen LogP contribution in [0.5, 0.6) is 0 Å². The van der Waals surface area contributed by atoms with E-state index in [1.54, 1.807) is 12.1 Å². The number of benzene rings is 1. The number of piperidine rings is 1. The third-order valence-corrected chi connectivity index (χ3v) is 4.51. The lowest BCUT2D eigenvalue weighted by atomic mass is 9.81. The van der Waals surface area contributed by atoms with Gasteiger partial charge in [0.05, 0.1) is 0 Å². The van der Waals surface area contributed by atoms with Gasteiger partial charge >= 0.3 is 0 Å². The van der Waals surface area contributed by atoms with Crippen LogP contribution in [-0.2, 0) is 0 Å². The van der Waals surface area contributed by atoms with Crippen LogP contribution in [-0.4, -0.2) is 30.6 Å². The molecule has 0 aromatic heterocycles. The smallest absolute Gasteiger partial charge is 0.123 e. The van der Waals surface area contributed by atoms with Crippen LogP contribution in [0, 0.1) is 11.2 Å². The average molecular weight is 292 g/mol. The van der Waals surface area contributed by atoms with Gasteiger partial charge in [0.1, 0.15) is 5.82 Å². The zero-order chi connectivity index (χ0) is 15.5. The average Bonchev–Trinajstić information content (AvgIpc) is 2.45. The molecule has 0 saturated carbocycles. The first-order chi connectivity index (χ1) is 9.90. The second-order valence-electron chi connectivity index (χ2n) is 7.23. The van der Waals surface area contributed by atoms with Gasteiger partial charge in [-0.3, -0.25) is 0 Å². The predicted octanol–water partition coefficient (Wildman–Crippen LogP) is 3.99. The molecule has 2 rings (SSSR count). The summed E-state index contributed by atoms with van der Waals surface area (Å²) in [4.78, 5) is 2.50. The third-order valence-electron chi connectivity index (χ3n) is 4.51. The minimum atomic E-state index is -0.164. The summed E-state index contributed by atoms with van der Waals surface area (Å²) in [5, 5.41) is 3.83. The Morgan fingerprint density at radius 2 is 1.76 bits per heavy atom. The van der Waals surface area contributed by atoms with E-state index in [0.29, 0.717) is 6.04 Å². The lowest BCUT2D eigenvalue weighted by molar-refractivity contribution is 0.171. The number of hydrogen-bond acceptors (Lipinski definition) is 2. The Labute approximate surface area is 128 Å². The maximum absolute atomic E-state index is 13.2. The monoisotopic (exact) mass is 292 g/mol. The molecule has 1 saturated heterocycles. The molecule has 1 unspecified atom stereocenters. The second kappa shape index (κ2) is 6.89. The van der Waals surface area contributed by atoms with Gasteiger partial charge in [-0.25, -0.2) is 4.39 Å². The van der Waals surface area contributed by atoms with E-state index < -0.39 is 0 Å². The van der Waals surface area contributed by atoms with Gasteiger partial charge in [0.25, 0.3) is 0 Å². The predicted molar refractivity (Wildman–Crippen MR) is 86.9 cm³/mol. The van der Waals surface area contributed by atoms with Crippen LogP contribution in [0.1, 0.15) is 52.1 Å². The summed E-state index contributed by atoms with van der Waals surface area (Å²) in [6.45, 7) is 12.5. The summed E-state index contributed by atoms with van der Waals surface area (Å²) in [6, 6.07) is 7.78. The van der Waals surface area contributed by atoms with Crippen molar-refractivity contribution in [1.82, 2.24) is 10.2 Å². The maximum Gasteiger partial charge on any atom is 0.123 e. The van der Waals surface area contributed by atoms with Gasteiger partial charge in [0.15, 0.2) is 0 Å². The van der Waals surface area contributed by atoms with Gasteiger partial charge in [-0.2, -0.15) is 0 Å². The quantitative estimate of drug-likeness (QED) is 0.903. The van der Waals surface area contributed by atoms with Crippen molar-refractivity contribution in [2.75, 3.05) is 19.6 Å². The fourth-order valence-corrected chi connectivity index (χ4v) is 3.15. The lowest BCUT2D eigenvalue weighted by Gasteiger charge is -2.39. The molecule has 0 aliphatic carbocycles. The second-order valence-corrected chi connectivity index (χ2v) is 7.23. The van der Waals surface area contributed by atoms with Crippen LogP contribution < -0.4 is 5.32 Å². The molecule has 1 aromatic carbocycles. The molecule has 0 amide bonds. The number of rotatable bonds is 4. The molecule has 0 spiro atoms. The van der Waals surface area contributed by atoms with Crippen LogP contribution in [0.15, 0.2) is 24.3 Å². The zero-order valence-electron chi connectivity index (χ0n) is 13.8. The molecular weight excluding hydrogens is 263 g/mol. The van der Waals surface area contributed by atoms with E-state index in [-0.39, 0.29) is 17.3 Å². The standard InChI is InChI=1S/C18H29FN2/c1-5-21-12-10-16(11-13-21)20-17(18(2,3)4)14-6-8-15(19)9-7-14/h6-9,16-17,20H,5,10-13H2,1-4H3. The van der Waals surface area contributed by atoms with Crippen molar-refractivity contribution in [2.24, 2.45) is 5.41 Å². The van der Waals surface area contributed by atoms with E-state index in [1.807, 2.05) is 12.1 Å². The minimum absolute atomic E-state index is 0.111. The number of nitrogens with one attached hydrogen (secondary N) is 1. The van der Waals surface area contributed by atoms with E-state index >= 15 is 0 Å². The summed E-state index contributed by atoms with van der Waals surface area (Å²) in [7, 11) is 0. The highest BCUT2D eigenvalue weighted by atomic mass is 19.1. The Morgan fingerprint density at radius 3 is 2.24 bits per heavy atom. The molecule has 1 N–H and O–H groups in total. The van der Waals surface area contributed by atoms with E-state index in [0.717, 1.165) is 6.54 Å². The van der Waals surface area contributed by atoms with Gasteiger partial charge < -0.3 is 10.2 Å². The van der Waals surface area contributed by atoms with Gasteiger partial charge in [0, 0.05) is 12.1 Å². The maximum atomic E-state index is 13.2. The van der Waals surface area contributed by atoms with Crippen LogP contribution in [0.4, 0.5) is 4.39 Å². The Bertz CT molecular complexity index is 428. The summed E-state index contributed by atoms with van der Waals surface area (Å²) < 4.78 is 13.2. The Balaban J connectivity index is 2.06. The normalized spacial score (nSPS) is 19.7. The molecule has 1 aliphatic heterocycles. The van der Waals surface area contributed by atoms with Crippen molar-refractivity contribution < 1.29 is 4.39 Å². The van der Waals surface area contributed by atoms with Crippen molar-refractivity contribution in [3.63, 3.8) is 0 Å². The van der Waals surface area contributed by atoms with Gasteiger partial charge in [0.2, 0.25) is 0 Å². The number of halogens is 1. The van der Waals surface area contributed by atoms with Crippen molar-refractivity contribution in [1.29, 1.82) is 0 Å². The van der Waals surface area contributed by atoms with Crippen LogP contribution >= 0.6 is 0 Å². The van der Waals surface area contributed by atoms with E-state index in [2.05, 4.69) is 37.9 Å². The molecule has 118 valence electrons. The number of hydrogen-bond donors (Lipinski definition) is 1. The largest absolute Gasteiger partial charge is 0.307 e. The van der Waals surface area contributed by atoms with Crippen LogP contribution in [0.25, 0.3) is 0 Å². The van der Waals surface area contributed by atoms with E-state index in [9.17, 15) is 4.39 Å². The fourth-order valence-electron chi connectivity index (χ4n) is 3.15. The summed E-state index contributed by atoms with van der Waals surface area (Å²) >= 11 is 0. The Hall–Kier alpha value is -0.930. The highest BCUT2D eigenvalue weighted by Gasteiger charge is 2.29. The molecule has 3 heteroatoms. The summed E-state index contributed by atoms with van der Waals surface area (Å²) in [5.74, 6) is -0.164. The first-order valence-corrected chi connectivity index (χ1v) is 8.14. The van der Waals surface area contributed by atoms with Crippen LogP contribution in [0.3, 0.4) is 0 Å². The molecular formula is C18H29FN2. The highest BCUT2D eigenvalue weighted by molar-refractivity contribution is 5.22. The van der Waals surface area contributed by atoms with Crippen molar-refractivity contribution in [2.45, 2.75) is 52.6 Å². The van der Waals surface area contributed by atoms with Gasteiger partial charge in [-0.15, -0.1) is 0 Å². The topological polar surface area (TPSA) is 15.3 Å². The van der Waals surface area contributed by atoms with E-state index in [4.69, 9.17) is 0 Å². The Morgan fingerprint density at radius 1 is 1.19 bits per heavy atom. The zero-order valence-corrected chi connectivity index (χ0v) is 13.8. The minimum Gasteiger partial charge on any atom is -0.307 e. The number of nitrogens with zero attached hydrogens (tertiary/aromatic N) is 1. The highest BCUT2D eigenvalue weighted by Crippen LogP contribution is 2.34. The Kier molecular flexibility index (Phi) is 5.39. The molecule has 0 bridgehead atoms. The third kappa shape index (κ3) is 4.52. The summed E-state index contributed by atoms with van der Waals surface area (Å²) in [6.07, 6.45) is 2.39. The molecule has 0 radical (unpaired) electrons. The molecule has 1 aliphatic rings. The van der Waals surface area contributed by atoms with Crippen LogP contribution in [0.2, 0.25) is 0 Å². The van der Waals surface area contributed by atoms with Crippen molar-refractivity contribution in [3.8, 4) is 0 Å². The first-order valence-electron chi connectivity index (χ1n) is 8.14. The molecule has 1 fully saturated rings. The molecule has 2 nitrogen and oxygen atoms in total. The van der Waals surface area contributed by atoms with Gasteiger partial charge in [-0.1, -0.05) is 39.8 Å². The molecule has 1 aromatic rings. The molecule has 1 heterocycles. The van der Waals surface area contributed by atoms with Crippen molar-refractivity contribution in [3.05, 3.63) is 35.6 Å². The SMILES string of the molecule is CCN1CCC(NC(c2ccc(F)cc2)C(C)(C)C)CC1. The first kappa shape index (κ1) is 16.4. The molecule has 1 atom stereocenters.